The van der Waals surface area contributed by atoms with Gasteiger partial charge in [0.25, 0.3) is 5.91 Å². The Kier molecular flexibility index (Phi) is 7.22. The van der Waals surface area contributed by atoms with E-state index in [4.69, 9.17) is 14.2 Å². The number of carbonyl (C=O) groups is 2. The van der Waals surface area contributed by atoms with Crippen LogP contribution in [0.4, 0.5) is 5.69 Å². The zero-order chi connectivity index (χ0) is 24.1. The predicted molar refractivity (Wildman–Crippen MR) is 132 cm³/mol. The zero-order valence-electron chi connectivity index (χ0n) is 19.1. The molecular formula is C25H25N3O5S. The Hall–Kier alpha value is -3.72. The number of nitrogens with one attached hydrogen (secondary N) is 1. The number of fused-ring (bicyclic) bond motifs is 1. The topological polar surface area (TPSA) is 89.5 Å². The standard InChI is InChI=1S/C25H25N3O5S/c1-4-32-24(30)22-16(2)26-25-28(12-13-34-25)23(22)17-6-5-7-20(14-17)33-15-21(29)27-18-8-10-19(31-3)11-9-18/h5-14,23H,4,15H2,1-3H3,(H,27,29)/t23-/m0/s1. The summed E-state index contributed by atoms with van der Waals surface area (Å²) in [5, 5.41) is 5.51. The maximum absolute atomic E-state index is 12.8. The Morgan fingerprint density at radius 1 is 1.15 bits per heavy atom. The molecule has 34 heavy (non-hydrogen) atoms. The maximum atomic E-state index is 12.8. The van der Waals surface area contributed by atoms with Crippen LogP contribution in [-0.2, 0) is 14.3 Å². The summed E-state index contributed by atoms with van der Waals surface area (Å²) < 4.78 is 16.2. The molecule has 0 aromatic heterocycles. The van der Waals surface area contributed by atoms with Gasteiger partial charge in [0.2, 0.25) is 0 Å². The third-order valence-electron chi connectivity index (χ3n) is 5.23. The molecule has 0 saturated heterocycles. The minimum atomic E-state index is -0.408. The van der Waals surface area contributed by atoms with Gasteiger partial charge in [-0.1, -0.05) is 23.9 Å². The first kappa shape index (κ1) is 23.4. The van der Waals surface area contributed by atoms with Crippen LogP contribution in [0.5, 0.6) is 11.5 Å². The number of esters is 1. The molecule has 0 fully saturated rings. The monoisotopic (exact) mass is 479 g/mol. The third kappa shape index (κ3) is 5.09. The van der Waals surface area contributed by atoms with Gasteiger partial charge >= 0.3 is 5.97 Å². The van der Waals surface area contributed by atoms with Gasteiger partial charge in [0.15, 0.2) is 11.8 Å². The highest BCUT2D eigenvalue weighted by Gasteiger charge is 2.37. The molecule has 2 aromatic rings. The number of methoxy groups -OCH3 is 1. The van der Waals surface area contributed by atoms with Crippen molar-refractivity contribution in [2.24, 2.45) is 4.99 Å². The molecule has 9 heteroatoms. The van der Waals surface area contributed by atoms with Crippen LogP contribution >= 0.6 is 11.8 Å². The summed E-state index contributed by atoms with van der Waals surface area (Å²) in [5.41, 5.74) is 2.58. The van der Waals surface area contributed by atoms with E-state index < -0.39 is 12.0 Å². The van der Waals surface area contributed by atoms with Crippen LogP contribution in [0, 0.1) is 0 Å². The first-order chi connectivity index (χ1) is 16.5. The predicted octanol–water partition coefficient (Wildman–Crippen LogP) is 4.48. The molecule has 0 saturated carbocycles. The molecule has 8 nitrogen and oxygen atoms in total. The van der Waals surface area contributed by atoms with Crippen LogP contribution in [0.1, 0.15) is 25.5 Å². The molecule has 2 aliphatic rings. The van der Waals surface area contributed by atoms with Gasteiger partial charge in [-0.15, -0.1) is 0 Å². The second-order valence-corrected chi connectivity index (χ2v) is 8.34. The van der Waals surface area contributed by atoms with E-state index in [0.717, 1.165) is 10.7 Å². The molecule has 2 heterocycles. The van der Waals surface area contributed by atoms with Crippen molar-refractivity contribution in [3.63, 3.8) is 0 Å². The Labute approximate surface area is 202 Å². The molecule has 0 unspecified atom stereocenters. The van der Waals surface area contributed by atoms with E-state index in [1.54, 1.807) is 44.4 Å². The number of ether oxygens (including phenoxy) is 3. The van der Waals surface area contributed by atoms with E-state index in [-0.39, 0.29) is 19.1 Å². The fourth-order valence-electron chi connectivity index (χ4n) is 3.69. The molecule has 2 aromatic carbocycles. The molecule has 0 bridgehead atoms. The first-order valence-corrected chi connectivity index (χ1v) is 11.6. The number of benzene rings is 2. The molecule has 176 valence electrons. The van der Waals surface area contributed by atoms with Crippen molar-refractivity contribution in [3.05, 3.63) is 77.0 Å². The number of hydrogen-bond acceptors (Lipinski definition) is 8. The molecule has 1 N–H and O–H groups in total. The average Bonchev–Trinajstić information content (AvgIpc) is 3.30. The van der Waals surface area contributed by atoms with Crippen molar-refractivity contribution in [3.8, 4) is 11.5 Å². The number of allylic oxidation sites excluding steroid dienone is 1. The van der Waals surface area contributed by atoms with Crippen molar-refractivity contribution < 1.29 is 23.8 Å². The number of hydrogen-bond donors (Lipinski definition) is 1. The Balaban J connectivity index is 1.50. The van der Waals surface area contributed by atoms with E-state index in [0.29, 0.717) is 28.5 Å². The fourth-order valence-corrected chi connectivity index (χ4v) is 4.48. The molecule has 2 aliphatic heterocycles. The normalized spacial score (nSPS) is 16.6. The van der Waals surface area contributed by atoms with Crippen molar-refractivity contribution in [2.75, 3.05) is 25.6 Å². The lowest BCUT2D eigenvalue weighted by Crippen LogP contribution is -2.34. The molecular weight excluding hydrogens is 454 g/mol. The van der Waals surface area contributed by atoms with Crippen LogP contribution in [0.25, 0.3) is 0 Å². The highest BCUT2D eigenvalue weighted by atomic mass is 32.2. The summed E-state index contributed by atoms with van der Waals surface area (Å²) in [5.74, 6) is 0.538. The Morgan fingerprint density at radius 2 is 1.94 bits per heavy atom. The largest absolute Gasteiger partial charge is 0.497 e. The molecule has 4 rings (SSSR count). The zero-order valence-corrected chi connectivity index (χ0v) is 19.9. The van der Waals surface area contributed by atoms with Gasteiger partial charge in [0.05, 0.1) is 31.0 Å². The lowest BCUT2D eigenvalue weighted by atomic mass is 9.94. The van der Waals surface area contributed by atoms with Gasteiger partial charge in [-0.25, -0.2) is 9.79 Å². The minimum absolute atomic E-state index is 0.161. The lowest BCUT2D eigenvalue weighted by Gasteiger charge is -2.33. The van der Waals surface area contributed by atoms with E-state index >= 15 is 0 Å². The smallest absolute Gasteiger partial charge is 0.338 e. The van der Waals surface area contributed by atoms with Crippen molar-refractivity contribution >= 4 is 34.5 Å². The number of anilines is 1. The first-order valence-electron chi connectivity index (χ1n) is 10.7. The number of amides is 1. The van der Waals surface area contributed by atoms with Gasteiger partial charge in [0, 0.05) is 11.9 Å². The number of carbonyl (C=O) groups excluding carboxylic acids is 2. The molecule has 0 aliphatic carbocycles. The second kappa shape index (κ2) is 10.5. The van der Waals surface area contributed by atoms with Crippen LogP contribution in [-0.4, -0.2) is 42.3 Å². The van der Waals surface area contributed by atoms with Crippen molar-refractivity contribution in [1.29, 1.82) is 0 Å². The SMILES string of the molecule is CCOC(=O)C1=C(C)N=C2SC=CN2[C@H]1c1cccc(OCC(=O)Nc2ccc(OC)cc2)c1. The minimum Gasteiger partial charge on any atom is -0.497 e. The molecule has 0 radical (unpaired) electrons. The average molecular weight is 480 g/mol. The lowest BCUT2D eigenvalue weighted by molar-refractivity contribution is -0.139. The van der Waals surface area contributed by atoms with E-state index in [1.165, 1.54) is 11.8 Å². The summed E-state index contributed by atoms with van der Waals surface area (Å²) in [7, 11) is 1.59. The number of thioether (sulfide) groups is 1. The highest BCUT2D eigenvalue weighted by Crippen LogP contribution is 2.41. The van der Waals surface area contributed by atoms with Gasteiger partial charge in [0.1, 0.15) is 11.5 Å². The van der Waals surface area contributed by atoms with E-state index in [9.17, 15) is 9.59 Å². The van der Waals surface area contributed by atoms with Gasteiger partial charge < -0.3 is 24.4 Å². The van der Waals surface area contributed by atoms with Gasteiger partial charge in [-0.2, -0.15) is 0 Å². The van der Waals surface area contributed by atoms with Gasteiger partial charge in [-0.3, -0.25) is 4.79 Å². The highest BCUT2D eigenvalue weighted by molar-refractivity contribution is 8.16. The fraction of sp³-hybridized carbons (Fsp3) is 0.240. The van der Waals surface area contributed by atoms with E-state index in [1.807, 2.05) is 41.6 Å². The quantitative estimate of drug-likeness (QED) is 0.559. The third-order valence-corrected chi connectivity index (χ3v) is 6.00. The van der Waals surface area contributed by atoms with E-state index in [2.05, 4.69) is 10.3 Å². The van der Waals surface area contributed by atoms with Crippen LogP contribution in [0.3, 0.4) is 0 Å². The molecule has 1 amide bonds. The number of rotatable bonds is 8. The number of nitrogens with zero attached hydrogens (tertiary/aromatic N) is 2. The Bertz CT molecular complexity index is 1170. The summed E-state index contributed by atoms with van der Waals surface area (Å²) in [6.45, 7) is 3.70. The van der Waals surface area contributed by atoms with Crippen LogP contribution in [0.15, 0.2) is 76.4 Å². The number of amidine groups is 1. The second-order valence-electron chi connectivity index (χ2n) is 7.46. The van der Waals surface area contributed by atoms with Crippen LogP contribution in [0.2, 0.25) is 0 Å². The number of aliphatic imine (C=N–C) groups is 1. The summed E-state index contributed by atoms with van der Waals surface area (Å²) in [4.78, 5) is 31.7. The Morgan fingerprint density at radius 3 is 2.68 bits per heavy atom. The molecule has 0 spiro atoms. The van der Waals surface area contributed by atoms with Crippen LogP contribution < -0.4 is 14.8 Å². The van der Waals surface area contributed by atoms with Gasteiger partial charge in [-0.05, 0) is 61.2 Å². The summed E-state index contributed by atoms with van der Waals surface area (Å²) in [6, 6.07) is 14.0. The summed E-state index contributed by atoms with van der Waals surface area (Å²) in [6.07, 6.45) is 1.90. The molecule has 1 atom stereocenters. The maximum Gasteiger partial charge on any atom is 0.338 e. The van der Waals surface area contributed by atoms with Crippen molar-refractivity contribution in [2.45, 2.75) is 19.9 Å². The summed E-state index contributed by atoms with van der Waals surface area (Å²) >= 11 is 1.49. The van der Waals surface area contributed by atoms with Crippen molar-refractivity contribution in [1.82, 2.24) is 4.90 Å².